The molecule has 106 valence electrons. The lowest BCUT2D eigenvalue weighted by Crippen LogP contribution is -2.14. The van der Waals surface area contributed by atoms with E-state index in [0.717, 1.165) is 14.7 Å². The first-order chi connectivity index (χ1) is 9.36. The lowest BCUT2D eigenvalue weighted by Gasteiger charge is -2.11. The number of hydrogen-bond donors (Lipinski definition) is 1. The molecule has 0 atom stereocenters. The summed E-state index contributed by atoms with van der Waals surface area (Å²) in [4.78, 5) is 0.0167. The molecule has 6 heteroatoms. The van der Waals surface area contributed by atoms with Gasteiger partial charge in [-0.3, -0.25) is 0 Å². The highest BCUT2D eigenvalue weighted by molar-refractivity contribution is 14.1. The van der Waals surface area contributed by atoms with Crippen molar-refractivity contribution < 1.29 is 13.2 Å². The van der Waals surface area contributed by atoms with Crippen LogP contribution in [0.2, 0.25) is 0 Å². The average molecular weight is 403 g/mol. The fraction of sp³-hybridized carbons (Fsp3) is 0.143. The summed E-state index contributed by atoms with van der Waals surface area (Å²) in [5.74, 6) is 0.275. The lowest BCUT2D eigenvalue weighted by molar-refractivity contribution is 0.298. The average Bonchev–Trinajstić information content (AvgIpc) is 2.38. The first kappa shape index (κ1) is 15.3. The Morgan fingerprint density at radius 3 is 2.40 bits per heavy atom. The van der Waals surface area contributed by atoms with E-state index in [2.05, 4.69) is 22.6 Å². The van der Waals surface area contributed by atoms with Crippen molar-refractivity contribution in [3.63, 3.8) is 0 Å². The summed E-state index contributed by atoms with van der Waals surface area (Å²) in [5.41, 5.74) is 1.78. The predicted octanol–water partition coefficient (Wildman–Crippen LogP) is 2.83. The Morgan fingerprint density at radius 2 is 1.80 bits per heavy atom. The summed E-state index contributed by atoms with van der Waals surface area (Å²) >= 11 is 2.22. The summed E-state index contributed by atoms with van der Waals surface area (Å²) < 4.78 is 29.8. The van der Waals surface area contributed by atoms with E-state index in [1.807, 2.05) is 24.3 Å². The van der Waals surface area contributed by atoms with Gasteiger partial charge in [0, 0.05) is 3.57 Å². The van der Waals surface area contributed by atoms with Crippen molar-refractivity contribution in [3.05, 3.63) is 57.2 Å². The fourth-order valence-electron chi connectivity index (χ4n) is 1.70. The number of rotatable bonds is 4. The van der Waals surface area contributed by atoms with E-state index in [4.69, 9.17) is 9.88 Å². The van der Waals surface area contributed by atoms with Gasteiger partial charge in [0.2, 0.25) is 10.0 Å². The van der Waals surface area contributed by atoms with Crippen molar-refractivity contribution >= 4 is 32.6 Å². The van der Waals surface area contributed by atoms with Crippen LogP contribution in [0.25, 0.3) is 0 Å². The molecule has 2 aromatic carbocycles. The molecule has 0 bridgehead atoms. The summed E-state index contributed by atoms with van der Waals surface area (Å²) in [7, 11) is -3.79. The van der Waals surface area contributed by atoms with Gasteiger partial charge in [-0.15, -0.1) is 0 Å². The van der Waals surface area contributed by atoms with Crippen molar-refractivity contribution in [2.75, 3.05) is 0 Å². The highest BCUT2D eigenvalue weighted by Gasteiger charge is 2.15. The van der Waals surface area contributed by atoms with Gasteiger partial charge in [-0.1, -0.05) is 18.2 Å². The molecule has 0 unspecified atom stereocenters. The first-order valence-electron chi connectivity index (χ1n) is 5.87. The van der Waals surface area contributed by atoms with Crippen molar-refractivity contribution in [1.29, 1.82) is 0 Å². The predicted molar refractivity (Wildman–Crippen MR) is 86.0 cm³/mol. The summed E-state index contributed by atoms with van der Waals surface area (Å²) in [6.07, 6.45) is 0. The molecule has 0 radical (unpaired) electrons. The minimum absolute atomic E-state index is 0.0167. The maximum Gasteiger partial charge on any atom is 0.241 e. The molecule has 0 saturated heterocycles. The van der Waals surface area contributed by atoms with Crippen LogP contribution >= 0.6 is 22.6 Å². The lowest BCUT2D eigenvalue weighted by atomic mass is 10.2. The zero-order valence-corrected chi connectivity index (χ0v) is 13.8. The second kappa shape index (κ2) is 6.11. The van der Waals surface area contributed by atoms with E-state index in [0.29, 0.717) is 6.61 Å². The van der Waals surface area contributed by atoms with Gasteiger partial charge < -0.3 is 4.74 Å². The second-order valence-electron chi connectivity index (χ2n) is 4.41. The largest absolute Gasteiger partial charge is 0.487 e. The van der Waals surface area contributed by atoms with Crippen LogP contribution in [0.1, 0.15) is 11.1 Å². The van der Waals surface area contributed by atoms with Gasteiger partial charge in [-0.25, -0.2) is 13.6 Å². The number of halogens is 1. The molecule has 0 saturated carbocycles. The molecule has 0 aliphatic rings. The Bertz CT molecular complexity index is 712. The number of primary sulfonamides is 1. The topological polar surface area (TPSA) is 69.4 Å². The highest BCUT2D eigenvalue weighted by Crippen LogP contribution is 2.24. The van der Waals surface area contributed by atoms with Gasteiger partial charge in [-0.2, -0.15) is 0 Å². The van der Waals surface area contributed by atoms with Crippen molar-refractivity contribution in [3.8, 4) is 5.75 Å². The van der Waals surface area contributed by atoms with Crippen LogP contribution in [-0.2, 0) is 16.6 Å². The maximum absolute atomic E-state index is 11.6. The molecule has 0 spiro atoms. The van der Waals surface area contributed by atoms with Crippen molar-refractivity contribution in [2.45, 2.75) is 18.4 Å². The van der Waals surface area contributed by atoms with Crippen molar-refractivity contribution in [2.24, 2.45) is 5.14 Å². The van der Waals surface area contributed by atoms with Gasteiger partial charge in [0.25, 0.3) is 0 Å². The zero-order chi connectivity index (χ0) is 14.8. The van der Waals surface area contributed by atoms with Crippen LogP contribution in [0, 0.1) is 10.5 Å². The quantitative estimate of drug-likeness (QED) is 0.799. The molecular weight excluding hydrogens is 389 g/mol. The van der Waals surface area contributed by atoms with E-state index >= 15 is 0 Å². The fourth-order valence-corrected chi connectivity index (χ4v) is 2.82. The molecule has 0 aliphatic heterocycles. The summed E-state index contributed by atoms with van der Waals surface area (Å²) in [6, 6.07) is 12.7. The Hall–Kier alpha value is -1.12. The minimum atomic E-state index is -3.79. The van der Waals surface area contributed by atoms with Gasteiger partial charge >= 0.3 is 0 Å². The van der Waals surface area contributed by atoms with Crippen LogP contribution in [0.15, 0.2) is 47.4 Å². The number of aryl methyl sites for hydroxylation is 1. The van der Waals surface area contributed by atoms with Crippen LogP contribution in [0.4, 0.5) is 0 Å². The molecule has 2 N–H and O–H groups in total. The maximum atomic E-state index is 11.6. The Balaban J connectivity index is 2.23. The normalized spacial score (nSPS) is 11.3. The number of hydrogen-bond acceptors (Lipinski definition) is 3. The van der Waals surface area contributed by atoms with Crippen LogP contribution in [0.3, 0.4) is 0 Å². The van der Waals surface area contributed by atoms with E-state index in [1.165, 1.54) is 6.07 Å². The number of ether oxygens (including phenoxy) is 1. The van der Waals surface area contributed by atoms with Crippen LogP contribution in [0.5, 0.6) is 5.75 Å². The summed E-state index contributed by atoms with van der Waals surface area (Å²) in [5, 5.41) is 5.21. The Labute approximate surface area is 132 Å². The van der Waals surface area contributed by atoms with E-state index in [1.54, 1.807) is 19.1 Å². The van der Waals surface area contributed by atoms with Gasteiger partial charge in [0.1, 0.15) is 17.3 Å². The number of nitrogens with two attached hydrogens (primary N) is 1. The van der Waals surface area contributed by atoms with Crippen LogP contribution in [-0.4, -0.2) is 8.42 Å². The summed E-state index contributed by atoms with van der Waals surface area (Å²) in [6.45, 7) is 2.10. The molecule has 2 aromatic rings. The molecule has 20 heavy (non-hydrogen) atoms. The molecule has 0 amide bonds. The Kier molecular flexibility index (Phi) is 4.66. The Morgan fingerprint density at radius 1 is 1.15 bits per heavy atom. The monoisotopic (exact) mass is 403 g/mol. The zero-order valence-electron chi connectivity index (χ0n) is 10.8. The SMILES string of the molecule is Cc1ccc(OCc2ccc(I)cc2)c(S(N)(=O)=O)c1. The number of benzene rings is 2. The smallest absolute Gasteiger partial charge is 0.241 e. The van der Waals surface area contributed by atoms with Crippen LogP contribution < -0.4 is 9.88 Å². The molecule has 0 aromatic heterocycles. The van der Waals surface area contributed by atoms with Gasteiger partial charge in [0.15, 0.2) is 0 Å². The molecule has 4 nitrogen and oxygen atoms in total. The second-order valence-corrected chi connectivity index (χ2v) is 7.19. The third-order valence-corrected chi connectivity index (χ3v) is 4.36. The molecule has 2 rings (SSSR count). The highest BCUT2D eigenvalue weighted by atomic mass is 127. The minimum Gasteiger partial charge on any atom is -0.487 e. The molecule has 0 heterocycles. The van der Waals surface area contributed by atoms with E-state index in [9.17, 15) is 8.42 Å². The molecule has 0 aliphatic carbocycles. The molecular formula is C14H14INO3S. The third kappa shape index (κ3) is 3.94. The van der Waals surface area contributed by atoms with E-state index in [-0.39, 0.29) is 10.6 Å². The van der Waals surface area contributed by atoms with Gasteiger partial charge in [0.05, 0.1) is 0 Å². The first-order valence-corrected chi connectivity index (χ1v) is 8.49. The van der Waals surface area contributed by atoms with E-state index < -0.39 is 10.0 Å². The standard InChI is InChI=1S/C14H14INO3S/c1-10-2-7-13(14(8-10)20(16,17)18)19-9-11-3-5-12(15)6-4-11/h2-8H,9H2,1H3,(H2,16,17,18). The molecule has 0 fully saturated rings. The van der Waals surface area contributed by atoms with Crippen molar-refractivity contribution in [1.82, 2.24) is 0 Å². The third-order valence-electron chi connectivity index (χ3n) is 2.71. The van der Waals surface area contributed by atoms with Gasteiger partial charge in [-0.05, 0) is 64.9 Å². The number of sulfonamides is 1.